The molecule has 1 aromatic carbocycles. The van der Waals surface area contributed by atoms with Crippen LogP contribution in [0.4, 0.5) is 0 Å². The van der Waals surface area contributed by atoms with Crippen LogP contribution in [0.3, 0.4) is 0 Å². The van der Waals surface area contributed by atoms with Crippen molar-refractivity contribution in [3.05, 3.63) is 34.6 Å². The lowest BCUT2D eigenvalue weighted by atomic mass is 10.1. The molecular formula is C9H10N4S. The summed E-state index contributed by atoms with van der Waals surface area (Å²) in [5.74, 6) is 6.36. The number of aryl methyl sites for hydroxylation is 1. The van der Waals surface area contributed by atoms with Gasteiger partial charge >= 0.3 is 0 Å². The van der Waals surface area contributed by atoms with Crippen molar-refractivity contribution >= 4 is 12.2 Å². The summed E-state index contributed by atoms with van der Waals surface area (Å²) in [6.07, 6.45) is 0. The van der Waals surface area contributed by atoms with Gasteiger partial charge in [-0.3, -0.25) is 0 Å². The number of nitrogens with two attached hydrogens (primary N) is 1. The summed E-state index contributed by atoms with van der Waals surface area (Å²) in [4.78, 5) is 0. The molecule has 0 radical (unpaired) electrons. The van der Waals surface area contributed by atoms with Gasteiger partial charge in [0.1, 0.15) is 0 Å². The molecule has 3 N–H and O–H groups in total. The molecule has 1 heterocycles. The van der Waals surface area contributed by atoms with Crippen molar-refractivity contribution in [3.63, 3.8) is 0 Å². The van der Waals surface area contributed by atoms with Crippen molar-refractivity contribution in [1.29, 1.82) is 0 Å². The predicted octanol–water partition coefficient (Wildman–Crippen LogP) is 1.63. The lowest BCUT2D eigenvalue weighted by Gasteiger charge is -2.00. The summed E-state index contributed by atoms with van der Waals surface area (Å²) >= 11 is 4.93. The number of nitrogen functional groups attached to an aromatic ring is 1. The summed E-state index contributed by atoms with van der Waals surface area (Å²) < 4.78 is 1.78. The predicted molar refractivity (Wildman–Crippen MR) is 57.7 cm³/mol. The van der Waals surface area contributed by atoms with Gasteiger partial charge in [0.15, 0.2) is 5.82 Å². The molecule has 0 amide bonds. The zero-order valence-electron chi connectivity index (χ0n) is 7.69. The number of nitrogens with zero attached hydrogens (tertiary/aromatic N) is 2. The maximum Gasteiger partial charge on any atom is 0.214 e. The summed E-state index contributed by atoms with van der Waals surface area (Å²) in [5.41, 5.74) is 2.12. The van der Waals surface area contributed by atoms with Crippen molar-refractivity contribution in [2.24, 2.45) is 0 Å². The Labute approximate surface area is 86.3 Å². The van der Waals surface area contributed by atoms with E-state index in [1.165, 1.54) is 4.68 Å². The van der Waals surface area contributed by atoms with Crippen LogP contribution in [0, 0.1) is 11.7 Å². The molecule has 5 heteroatoms. The number of H-pyrrole nitrogens is 1. The molecule has 2 aromatic rings. The third-order valence-corrected chi connectivity index (χ3v) is 2.27. The third kappa shape index (κ3) is 1.42. The van der Waals surface area contributed by atoms with Crippen LogP contribution in [0.15, 0.2) is 24.3 Å². The Hall–Kier alpha value is -1.62. The first-order valence-corrected chi connectivity index (χ1v) is 4.59. The van der Waals surface area contributed by atoms with E-state index in [1.807, 2.05) is 31.2 Å². The lowest BCUT2D eigenvalue weighted by molar-refractivity contribution is 0.984. The second-order valence-electron chi connectivity index (χ2n) is 3.09. The van der Waals surface area contributed by atoms with Gasteiger partial charge < -0.3 is 5.84 Å². The van der Waals surface area contributed by atoms with Gasteiger partial charge in [-0.15, -0.1) is 0 Å². The number of benzene rings is 1. The molecule has 1 aromatic heterocycles. The van der Waals surface area contributed by atoms with Crippen LogP contribution in [0.5, 0.6) is 0 Å². The number of hydrogen-bond acceptors (Lipinski definition) is 3. The zero-order valence-corrected chi connectivity index (χ0v) is 8.51. The normalized spacial score (nSPS) is 10.4. The minimum Gasteiger partial charge on any atom is -0.335 e. The quantitative estimate of drug-likeness (QED) is 0.550. The van der Waals surface area contributed by atoms with Crippen molar-refractivity contribution < 1.29 is 0 Å². The Morgan fingerprint density at radius 1 is 1.50 bits per heavy atom. The van der Waals surface area contributed by atoms with Gasteiger partial charge in [-0.25, -0.2) is 9.77 Å². The topological polar surface area (TPSA) is 59.6 Å². The number of aromatic amines is 1. The largest absolute Gasteiger partial charge is 0.335 e. The fraction of sp³-hybridized carbons (Fsp3) is 0.111. The van der Waals surface area contributed by atoms with Crippen LogP contribution in [0.25, 0.3) is 11.4 Å². The molecule has 0 bridgehead atoms. The third-order valence-electron chi connectivity index (χ3n) is 1.98. The van der Waals surface area contributed by atoms with E-state index < -0.39 is 0 Å². The summed E-state index contributed by atoms with van der Waals surface area (Å²) in [6, 6.07) is 7.93. The molecule has 0 unspecified atom stereocenters. The Balaban J connectivity index is 2.60. The van der Waals surface area contributed by atoms with Gasteiger partial charge in [0.25, 0.3) is 0 Å². The van der Waals surface area contributed by atoms with Crippen molar-refractivity contribution in [2.45, 2.75) is 6.92 Å². The summed E-state index contributed by atoms with van der Waals surface area (Å²) in [7, 11) is 0. The van der Waals surface area contributed by atoms with E-state index in [1.54, 1.807) is 0 Å². The fourth-order valence-electron chi connectivity index (χ4n) is 1.29. The molecule has 0 saturated heterocycles. The average Bonchev–Trinajstić information content (AvgIpc) is 2.48. The van der Waals surface area contributed by atoms with Crippen LogP contribution >= 0.6 is 12.2 Å². The van der Waals surface area contributed by atoms with Gasteiger partial charge in [-0.05, 0) is 25.2 Å². The smallest absolute Gasteiger partial charge is 0.214 e. The van der Waals surface area contributed by atoms with E-state index in [-0.39, 0.29) is 0 Å². The molecule has 0 saturated carbocycles. The maximum absolute atomic E-state index is 5.70. The molecule has 4 nitrogen and oxygen atoms in total. The molecule has 2 rings (SSSR count). The summed E-state index contributed by atoms with van der Waals surface area (Å²) in [5, 5.41) is 6.69. The minimum absolute atomic E-state index is 0.418. The van der Waals surface area contributed by atoms with E-state index in [2.05, 4.69) is 10.2 Å². The number of hydrogen-bond donors (Lipinski definition) is 2. The Bertz CT molecular complexity index is 512. The molecular weight excluding hydrogens is 196 g/mol. The van der Waals surface area contributed by atoms with E-state index in [0.717, 1.165) is 11.1 Å². The second kappa shape index (κ2) is 3.26. The van der Waals surface area contributed by atoms with E-state index >= 15 is 0 Å². The number of aromatic nitrogens is 3. The fourth-order valence-corrected chi connectivity index (χ4v) is 1.42. The highest BCUT2D eigenvalue weighted by atomic mass is 32.1. The standard InChI is InChI=1S/C9H10N4S/c1-6-3-2-4-7(5-6)8-11-12-9(14)13(8)10/h2-5H,10H2,1H3,(H,12,14). The Morgan fingerprint density at radius 3 is 2.86 bits per heavy atom. The van der Waals surface area contributed by atoms with Gasteiger partial charge in [0.2, 0.25) is 4.77 Å². The minimum atomic E-state index is 0.418. The van der Waals surface area contributed by atoms with Crippen LogP contribution < -0.4 is 5.84 Å². The lowest BCUT2D eigenvalue weighted by Crippen LogP contribution is -2.09. The molecule has 0 fully saturated rings. The van der Waals surface area contributed by atoms with Crippen LogP contribution in [-0.2, 0) is 0 Å². The van der Waals surface area contributed by atoms with E-state index in [4.69, 9.17) is 18.1 Å². The molecule has 0 spiro atoms. The van der Waals surface area contributed by atoms with Crippen LogP contribution in [-0.4, -0.2) is 14.9 Å². The SMILES string of the molecule is Cc1cccc(-c2n[nH]c(=S)n2N)c1. The first-order valence-electron chi connectivity index (χ1n) is 4.18. The van der Waals surface area contributed by atoms with Crippen LogP contribution in [0.1, 0.15) is 5.56 Å². The van der Waals surface area contributed by atoms with Crippen molar-refractivity contribution in [3.8, 4) is 11.4 Å². The second-order valence-corrected chi connectivity index (χ2v) is 3.48. The van der Waals surface area contributed by atoms with Crippen molar-refractivity contribution in [1.82, 2.24) is 14.9 Å². The highest BCUT2D eigenvalue weighted by Crippen LogP contribution is 2.16. The molecule has 0 aliphatic heterocycles. The summed E-state index contributed by atoms with van der Waals surface area (Å²) in [6.45, 7) is 2.02. The molecule has 0 aliphatic carbocycles. The van der Waals surface area contributed by atoms with Gasteiger partial charge in [0.05, 0.1) is 0 Å². The van der Waals surface area contributed by atoms with E-state index in [9.17, 15) is 0 Å². The maximum atomic E-state index is 5.70. The molecule has 0 aliphatic rings. The van der Waals surface area contributed by atoms with Crippen LogP contribution in [0.2, 0.25) is 0 Å². The van der Waals surface area contributed by atoms with Gasteiger partial charge in [-0.2, -0.15) is 5.10 Å². The first-order chi connectivity index (χ1) is 6.68. The first kappa shape index (κ1) is 8.96. The van der Waals surface area contributed by atoms with E-state index in [0.29, 0.717) is 10.6 Å². The Kier molecular flexibility index (Phi) is 2.09. The molecule has 72 valence electrons. The highest BCUT2D eigenvalue weighted by Gasteiger charge is 2.05. The monoisotopic (exact) mass is 206 g/mol. The zero-order chi connectivity index (χ0) is 10.1. The Morgan fingerprint density at radius 2 is 2.29 bits per heavy atom. The molecule has 0 atom stereocenters. The number of nitrogens with one attached hydrogen (secondary N) is 1. The van der Waals surface area contributed by atoms with Gasteiger partial charge in [-0.1, -0.05) is 23.8 Å². The van der Waals surface area contributed by atoms with Gasteiger partial charge in [0, 0.05) is 5.56 Å². The average molecular weight is 206 g/mol. The molecule has 14 heavy (non-hydrogen) atoms. The van der Waals surface area contributed by atoms with Crippen molar-refractivity contribution in [2.75, 3.05) is 5.84 Å². The highest BCUT2D eigenvalue weighted by molar-refractivity contribution is 7.71. The number of rotatable bonds is 1.